The van der Waals surface area contributed by atoms with Crippen LogP contribution in [-0.2, 0) is 23.1 Å². The summed E-state index contributed by atoms with van der Waals surface area (Å²) in [7, 11) is 1.94. The second kappa shape index (κ2) is 9.91. The van der Waals surface area contributed by atoms with Crippen LogP contribution in [0.5, 0.6) is 0 Å². The minimum atomic E-state index is -5.08. The van der Waals surface area contributed by atoms with Crippen molar-refractivity contribution in [1.82, 2.24) is 29.5 Å². The molecule has 1 atom stereocenters. The Labute approximate surface area is 196 Å². The molecule has 5 heterocycles. The van der Waals surface area contributed by atoms with E-state index in [2.05, 4.69) is 56.2 Å². The van der Waals surface area contributed by atoms with E-state index in [1.807, 2.05) is 28.6 Å². The van der Waals surface area contributed by atoms with Crippen molar-refractivity contribution in [2.75, 3.05) is 19.7 Å². The number of fused-ring (bicyclic) bond motifs is 1. The number of alkyl halides is 3. The van der Waals surface area contributed by atoms with Crippen LogP contribution >= 0.6 is 11.3 Å². The van der Waals surface area contributed by atoms with Crippen LogP contribution in [0.1, 0.15) is 17.4 Å². The number of thiophene rings is 1. The second-order valence-corrected chi connectivity index (χ2v) is 8.57. The average Bonchev–Trinajstić information content (AvgIpc) is 3.54. The summed E-state index contributed by atoms with van der Waals surface area (Å²) in [4.78, 5) is 12.5. The van der Waals surface area contributed by atoms with Gasteiger partial charge in [-0.1, -0.05) is 11.3 Å². The number of carboxylic acids is 1. The third-order valence-corrected chi connectivity index (χ3v) is 6.03. The van der Waals surface area contributed by atoms with E-state index in [0.29, 0.717) is 6.61 Å². The lowest BCUT2D eigenvalue weighted by atomic mass is 10.1. The van der Waals surface area contributed by atoms with Crippen molar-refractivity contribution in [2.45, 2.75) is 18.8 Å². The zero-order chi connectivity index (χ0) is 24.3. The fraction of sp³-hybridized carbons (Fsp3) is 0.333. The SMILES string of the molecule is Cn1cc(CN2CCOC(c3nnn4cc(-c5cccs5)ccc34)C2)cn1.O=C(O)C(F)(F)F. The summed E-state index contributed by atoms with van der Waals surface area (Å²) in [6.45, 7) is 3.27. The quantitative estimate of drug-likeness (QED) is 0.464. The number of hydrogen-bond acceptors (Lipinski definition) is 7. The summed E-state index contributed by atoms with van der Waals surface area (Å²) in [6.07, 6.45) is 0.864. The molecule has 0 radical (unpaired) electrons. The van der Waals surface area contributed by atoms with E-state index in [-0.39, 0.29) is 6.10 Å². The van der Waals surface area contributed by atoms with Crippen LogP contribution in [0.25, 0.3) is 16.0 Å². The molecule has 1 N–H and O–H groups in total. The van der Waals surface area contributed by atoms with E-state index in [1.165, 1.54) is 10.4 Å². The van der Waals surface area contributed by atoms with Crippen LogP contribution in [-0.4, -0.2) is 66.5 Å². The number of pyridine rings is 1. The summed E-state index contributed by atoms with van der Waals surface area (Å²) in [5.74, 6) is -2.76. The van der Waals surface area contributed by atoms with E-state index < -0.39 is 12.1 Å². The molecule has 0 aromatic carbocycles. The van der Waals surface area contributed by atoms with Gasteiger partial charge in [0.15, 0.2) is 0 Å². The van der Waals surface area contributed by atoms with Gasteiger partial charge < -0.3 is 9.84 Å². The number of rotatable bonds is 4. The largest absolute Gasteiger partial charge is 0.490 e. The lowest BCUT2D eigenvalue weighted by Gasteiger charge is -2.31. The van der Waals surface area contributed by atoms with Crippen LogP contribution in [0, 0.1) is 0 Å². The maximum absolute atomic E-state index is 10.6. The number of aryl methyl sites for hydroxylation is 1. The fourth-order valence-electron chi connectivity index (χ4n) is 3.55. The molecule has 1 saturated heterocycles. The molecular formula is C21H21F3N6O3S. The molecule has 1 aliphatic rings. The van der Waals surface area contributed by atoms with E-state index in [0.717, 1.165) is 36.4 Å². The molecule has 0 amide bonds. The molecular weight excluding hydrogens is 473 g/mol. The first-order valence-corrected chi connectivity index (χ1v) is 11.1. The minimum absolute atomic E-state index is 0.0690. The van der Waals surface area contributed by atoms with Crippen molar-refractivity contribution in [3.05, 3.63) is 59.5 Å². The van der Waals surface area contributed by atoms with Crippen molar-refractivity contribution < 1.29 is 27.8 Å². The molecule has 5 rings (SSSR count). The maximum Gasteiger partial charge on any atom is 0.490 e. The molecule has 1 unspecified atom stereocenters. The number of carbonyl (C=O) groups is 1. The number of aliphatic carboxylic acids is 1. The van der Waals surface area contributed by atoms with Crippen molar-refractivity contribution >= 4 is 22.8 Å². The van der Waals surface area contributed by atoms with Gasteiger partial charge in [-0.15, -0.1) is 16.4 Å². The highest BCUT2D eigenvalue weighted by Gasteiger charge is 2.38. The molecule has 1 aliphatic heterocycles. The summed E-state index contributed by atoms with van der Waals surface area (Å²) in [5, 5.41) is 22.2. The molecule has 0 aliphatic carbocycles. The number of morpholine rings is 1. The number of nitrogens with zero attached hydrogens (tertiary/aromatic N) is 6. The monoisotopic (exact) mass is 494 g/mol. The summed E-state index contributed by atoms with van der Waals surface area (Å²) >= 11 is 1.72. The highest BCUT2D eigenvalue weighted by molar-refractivity contribution is 7.13. The number of aromatic nitrogens is 5. The number of hydrogen-bond donors (Lipinski definition) is 1. The zero-order valence-electron chi connectivity index (χ0n) is 18.0. The first-order valence-electron chi connectivity index (χ1n) is 10.2. The van der Waals surface area contributed by atoms with Crippen LogP contribution in [0.4, 0.5) is 13.2 Å². The van der Waals surface area contributed by atoms with Crippen LogP contribution < -0.4 is 0 Å². The maximum atomic E-state index is 10.6. The van der Waals surface area contributed by atoms with Gasteiger partial charge in [-0.25, -0.2) is 9.31 Å². The van der Waals surface area contributed by atoms with Gasteiger partial charge in [0.2, 0.25) is 0 Å². The van der Waals surface area contributed by atoms with E-state index in [4.69, 9.17) is 14.6 Å². The van der Waals surface area contributed by atoms with Gasteiger partial charge in [0.25, 0.3) is 0 Å². The summed E-state index contributed by atoms with van der Waals surface area (Å²) in [6, 6.07) is 8.39. The Morgan fingerprint density at radius 3 is 2.74 bits per heavy atom. The highest BCUT2D eigenvalue weighted by Crippen LogP contribution is 2.28. The van der Waals surface area contributed by atoms with E-state index >= 15 is 0 Å². The Kier molecular flexibility index (Phi) is 6.95. The highest BCUT2D eigenvalue weighted by atomic mass is 32.1. The topological polar surface area (TPSA) is 97.8 Å². The Bertz CT molecular complexity index is 1250. The van der Waals surface area contributed by atoms with Crippen LogP contribution in [0.3, 0.4) is 0 Å². The molecule has 180 valence electrons. The first kappa shape index (κ1) is 23.9. The van der Waals surface area contributed by atoms with Crippen molar-refractivity contribution in [2.24, 2.45) is 7.05 Å². The average molecular weight is 494 g/mol. The zero-order valence-corrected chi connectivity index (χ0v) is 18.8. The molecule has 0 spiro atoms. The Morgan fingerprint density at radius 2 is 2.09 bits per heavy atom. The summed E-state index contributed by atoms with van der Waals surface area (Å²) < 4.78 is 41.5. The Morgan fingerprint density at radius 1 is 1.29 bits per heavy atom. The fourth-order valence-corrected chi connectivity index (χ4v) is 4.27. The molecule has 4 aromatic rings. The smallest absolute Gasteiger partial charge is 0.475 e. The molecule has 0 bridgehead atoms. The standard InChI is InChI=1S/C19H20N6OS.C2HF3O2/c1-23-10-14(9-20-23)11-24-6-7-26-17(13-24)19-16-5-4-15(12-25(16)22-21-19)18-3-2-8-27-18;3-2(4,5)1(6)7/h2-5,8-10,12,17H,6-7,11,13H2,1H3;(H,6,7). The summed E-state index contributed by atoms with van der Waals surface area (Å²) in [5.41, 5.74) is 4.27. The van der Waals surface area contributed by atoms with Gasteiger partial charge in [-0.05, 0) is 23.6 Å². The van der Waals surface area contributed by atoms with Gasteiger partial charge in [-0.2, -0.15) is 18.3 Å². The molecule has 1 fully saturated rings. The molecule has 34 heavy (non-hydrogen) atoms. The second-order valence-electron chi connectivity index (χ2n) is 7.62. The van der Waals surface area contributed by atoms with Crippen molar-refractivity contribution in [1.29, 1.82) is 0 Å². The van der Waals surface area contributed by atoms with Gasteiger partial charge in [0, 0.05) is 55.1 Å². The van der Waals surface area contributed by atoms with Crippen molar-refractivity contribution in [3.8, 4) is 10.4 Å². The third-order valence-electron chi connectivity index (χ3n) is 5.11. The molecule has 13 heteroatoms. The lowest BCUT2D eigenvalue weighted by Crippen LogP contribution is -2.38. The Balaban J connectivity index is 0.000000344. The molecule has 4 aromatic heterocycles. The predicted octanol–water partition coefficient (Wildman–Crippen LogP) is 3.40. The van der Waals surface area contributed by atoms with Crippen LogP contribution in [0.15, 0.2) is 48.2 Å². The van der Waals surface area contributed by atoms with Crippen LogP contribution in [0.2, 0.25) is 0 Å². The third kappa shape index (κ3) is 5.61. The first-order chi connectivity index (χ1) is 16.2. The molecule has 0 saturated carbocycles. The van der Waals surface area contributed by atoms with E-state index in [1.54, 1.807) is 11.3 Å². The minimum Gasteiger partial charge on any atom is -0.475 e. The van der Waals surface area contributed by atoms with Gasteiger partial charge in [0.05, 0.1) is 18.3 Å². The van der Waals surface area contributed by atoms with Gasteiger partial charge >= 0.3 is 12.1 Å². The lowest BCUT2D eigenvalue weighted by molar-refractivity contribution is -0.192. The number of halogens is 3. The predicted molar refractivity (Wildman–Crippen MR) is 117 cm³/mol. The Hall–Kier alpha value is -3.29. The number of ether oxygens (including phenoxy) is 1. The van der Waals surface area contributed by atoms with Gasteiger partial charge in [0.1, 0.15) is 11.8 Å². The molecule has 9 nitrogen and oxygen atoms in total. The van der Waals surface area contributed by atoms with Gasteiger partial charge in [-0.3, -0.25) is 9.58 Å². The van der Waals surface area contributed by atoms with E-state index in [9.17, 15) is 13.2 Å². The van der Waals surface area contributed by atoms with Crippen molar-refractivity contribution in [3.63, 3.8) is 0 Å². The normalized spacial score (nSPS) is 16.9. The number of carboxylic acid groups (broad SMARTS) is 1.